The van der Waals surface area contributed by atoms with Gasteiger partial charge in [-0.2, -0.15) is 0 Å². The van der Waals surface area contributed by atoms with Crippen LogP contribution in [0.4, 0.5) is 5.69 Å². The number of nitro groups is 1. The summed E-state index contributed by atoms with van der Waals surface area (Å²) in [5, 5.41) is 19.5. The molecule has 0 unspecified atom stereocenters. The minimum Gasteiger partial charge on any atom is -0.478 e. The third-order valence-electron chi connectivity index (χ3n) is 1.99. The van der Waals surface area contributed by atoms with Crippen molar-refractivity contribution in [2.24, 2.45) is 0 Å². The van der Waals surface area contributed by atoms with Gasteiger partial charge in [0.25, 0.3) is 0 Å². The number of nitrogens with zero attached hydrogens (tertiary/aromatic N) is 1. The Balaban J connectivity index is 3.40. The molecule has 0 aliphatic rings. The molecule has 0 saturated carbocycles. The predicted molar refractivity (Wildman–Crippen MR) is 56.1 cm³/mol. The maximum Gasteiger partial charge on any atom is 0.336 e. The number of aryl methyl sites for hydroxylation is 1. The van der Waals surface area contributed by atoms with E-state index in [2.05, 4.69) is 4.74 Å². The lowest BCUT2D eigenvalue weighted by molar-refractivity contribution is -0.385. The highest BCUT2D eigenvalue weighted by atomic mass is 16.6. The van der Waals surface area contributed by atoms with Crippen molar-refractivity contribution in [3.05, 3.63) is 33.4 Å². The number of rotatable bonds is 3. The average molecular weight is 239 g/mol. The van der Waals surface area contributed by atoms with Gasteiger partial charge in [0.2, 0.25) is 5.75 Å². The molecule has 0 aliphatic heterocycles. The lowest BCUT2D eigenvalue weighted by Gasteiger charge is -2.06. The Labute approximate surface area is 95.8 Å². The highest BCUT2D eigenvalue weighted by Crippen LogP contribution is 2.30. The molecule has 0 radical (unpaired) electrons. The number of aromatic carboxylic acids is 1. The molecule has 0 aliphatic carbocycles. The van der Waals surface area contributed by atoms with Gasteiger partial charge in [0.05, 0.1) is 10.5 Å². The fourth-order valence-electron chi connectivity index (χ4n) is 1.28. The SMILES string of the molecule is CC(=O)Oc1cc(C)c(C(=O)O)cc1[N+](=O)[O-]. The second-order valence-electron chi connectivity index (χ2n) is 3.29. The van der Waals surface area contributed by atoms with E-state index in [9.17, 15) is 19.7 Å². The van der Waals surface area contributed by atoms with Crippen molar-refractivity contribution >= 4 is 17.6 Å². The quantitative estimate of drug-likeness (QED) is 0.371. The van der Waals surface area contributed by atoms with Crippen molar-refractivity contribution in [3.8, 4) is 5.75 Å². The summed E-state index contributed by atoms with van der Waals surface area (Å²) >= 11 is 0. The zero-order valence-electron chi connectivity index (χ0n) is 9.09. The first-order valence-corrected chi connectivity index (χ1v) is 4.53. The number of carboxylic acid groups (broad SMARTS) is 1. The largest absolute Gasteiger partial charge is 0.478 e. The fourth-order valence-corrected chi connectivity index (χ4v) is 1.28. The molecule has 0 saturated heterocycles. The molecule has 0 fully saturated rings. The summed E-state index contributed by atoms with van der Waals surface area (Å²) in [6.07, 6.45) is 0. The van der Waals surface area contributed by atoms with E-state index >= 15 is 0 Å². The zero-order valence-corrected chi connectivity index (χ0v) is 9.09. The molecule has 0 spiro atoms. The molecule has 1 aromatic rings. The van der Waals surface area contributed by atoms with Crippen molar-refractivity contribution in [3.63, 3.8) is 0 Å². The number of carboxylic acids is 1. The monoisotopic (exact) mass is 239 g/mol. The van der Waals surface area contributed by atoms with E-state index in [1.807, 2.05) is 0 Å². The van der Waals surface area contributed by atoms with E-state index in [4.69, 9.17) is 5.11 Å². The van der Waals surface area contributed by atoms with Crippen molar-refractivity contribution in [1.82, 2.24) is 0 Å². The average Bonchev–Trinajstić information content (AvgIpc) is 2.15. The summed E-state index contributed by atoms with van der Waals surface area (Å²) in [6.45, 7) is 2.56. The Morgan fingerprint density at radius 2 is 2.00 bits per heavy atom. The molecule has 7 heteroatoms. The fraction of sp³-hybridized carbons (Fsp3) is 0.200. The van der Waals surface area contributed by atoms with Gasteiger partial charge in [0, 0.05) is 13.0 Å². The van der Waals surface area contributed by atoms with Crippen LogP contribution in [0.5, 0.6) is 5.75 Å². The minimum absolute atomic E-state index is 0.201. The van der Waals surface area contributed by atoms with Crippen molar-refractivity contribution in [2.45, 2.75) is 13.8 Å². The Morgan fingerprint density at radius 3 is 2.41 bits per heavy atom. The first-order valence-electron chi connectivity index (χ1n) is 4.53. The van der Waals surface area contributed by atoms with Gasteiger partial charge in [-0.25, -0.2) is 4.79 Å². The molecule has 0 heterocycles. The molecule has 0 aromatic heterocycles. The van der Waals surface area contributed by atoms with Gasteiger partial charge in [0.15, 0.2) is 0 Å². The Kier molecular flexibility index (Phi) is 3.42. The van der Waals surface area contributed by atoms with Crippen LogP contribution in [0.2, 0.25) is 0 Å². The lowest BCUT2D eigenvalue weighted by atomic mass is 10.1. The van der Waals surface area contributed by atoms with Crippen molar-refractivity contribution < 1.29 is 24.4 Å². The second kappa shape index (κ2) is 4.60. The smallest absolute Gasteiger partial charge is 0.336 e. The lowest BCUT2D eigenvalue weighted by Crippen LogP contribution is -2.07. The zero-order chi connectivity index (χ0) is 13.2. The molecule has 1 N–H and O–H groups in total. The maximum atomic E-state index is 10.8. The van der Waals surface area contributed by atoms with E-state index in [0.29, 0.717) is 0 Å². The predicted octanol–water partition coefficient (Wildman–Crippen LogP) is 1.53. The number of hydrogen-bond donors (Lipinski definition) is 1. The van der Waals surface area contributed by atoms with E-state index in [1.165, 1.54) is 6.92 Å². The summed E-state index contributed by atoms with van der Waals surface area (Å²) in [4.78, 5) is 31.5. The third-order valence-corrected chi connectivity index (χ3v) is 1.99. The summed E-state index contributed by atoms with van der Waals surface area (Å²) < 4.78 is 4.65. The van der Waals surface area contributed by atoms with E-state index in [1.54, 1.807) is 0 Å². The van der Waals surface area contributed by atoms with E-state index in [-0.39, 0.29) is 16.9 Å². The Morgan fingerprint density at radius 1 is 1.41 bits per heavy atom. The van der Waals surface area contributed by atoms with Crippen LogP contribution in [0.25, 0.3) is 0 Å². The van der Waals surface area contributed by atoms with Gasteiger partial charge in [0.1, 0.15) is 0 Å². The van der Waals surface area contributed by atoms with Crippen LogP contribution in [0.1, 0.15) is 22.8 Å². The van der Waals surface area contributed by atoms with E-state index in [0.717, 1.165) is 19.1 Å². The van der Waals surface area contributed by atoms with Gasteiger partial charge >= 0.3 is 17.6 Å². The molecule has 17 heavy (non-hydrogen) atoms. The molecule has 1 aromatic carbocycles. The first-order chi connectivity index (χ1) is 7.82. The number of nitro benzene ring substituents is 1. The maximum absolute atomic E-state index is 10.8. The number of ether oxygens (including phenoxy) is 1. The summed E-state index contributed by atoms with van der Waals surface area (Å²) in [5.41, 5.74) is -0.477. The third kappa shape index (κ3) is 2.77. The van der Waals surface area contributed by atoms with Crippen molar-refractivity contribution in [1.29, 1.82) is 0 Å². The summed E-state index contributed by atoms with van der Waals surface area (Å²) in [5.74, 6) is -2.25. The molecule has 7 nitrogen and oxygen atoms in total. The Bertz CT molecular complexity index is 508. The van der Waals surface area contributed by atoms with Crippen LogP contribution in [0, 0.1) is 17.0 Å². The molecule has 0 amide bonds. The van der Waals surface area contributed by atoms with Gasteiger partial charge in [-0.3, -0.25) is 14.9 Å². The molecule has 90 valence electrons. The molecule has 0 atom stereocenters. The molecule has 1 rings (SSSR count). The van der Waals surface area contributed by atoms with Gasteiger partial charge < -0.3 is 9.84 Å². The summed E-state index contributed by atoms with van der Waals surface area (Å²) in [7, 11) is 0. The van der Waals surface area contributed by atoms with Crippen LogP contribution in [0.3, 0.4) is 0 Å². The highest BCUT2D eigenvalue weighted by molar-refractivity contribution is 5.91. The minimum atomic E-state index is -1.28. The normalized spacial score (nSPS) is 9.76. The number of esters is 1. The van der Waals surface area contributed by atoms with Gasteiger partial charge in [-0.15, -0.1) is 0 Å². The van der Waals surface area contributed by atoms with E-state index < -0.39 is 22.5 Å². The first kappa shape index (κ1) is 12.6. The standard InChI is InChI=1S/C10H9NO6/c1-5-3-9(17-6(2)12)8(11(15)16)4-7(5)10(13)14/h3-4H,1-2H3,(H,13,14). The topological polar surface area (TPSA) is 107 Å². The highest BCUT2D eigenvalue weighted by Gasteiger charge is 2.22. The van der Waals surface area contributed by atoms with Crippen LogP contribution >= 0.6 is 0 Å². The van der Waals surface area contributed by atoms with Gasteiger partial charge in [-0.1, -0.05) is 0 Å². The Hall–Kier alpha value is -2.44. The molecule has 0 bridgehead atoms. The van der Waals surface area contributed by atoms with Crippen LogP contribution < -0.4 is 4.74 Å². The van der Waals surface area contributed by atoms with Crippen LogP contribution in [-0.4, -0.2) is 22.0 Å². The number of carbonyl (C=O) groups is 2. The number of benzene rings is 1. The number of hydrogen-bond acceptors (Lipinski definition) is 5. The summed E-state index contributed by atoms with van der Waals surface area (Å²) in [6, 6.07) is 2.03. The van der Waals surface area contributed by atoms with Crippen LogP contribution in [-0.2, 0) is 4.79 Å². The molecular weight excluding hydrogens is 230 g/mol. The molecular formula is C10H9NO6. The van der Waals surface area contributed by atoms with Crippen molar-refractivity contribution in [2.75, 3.05) is 0 Å². The number of carbonyl (C=O) groups excluding carboxylic acids is 1. The second-order valence-corrected chi connectivity index (χ2v) is 3.29. The van der Waals surface area contributed by atoms with Gasteiger partial charge in [-0.05, 0) is 18.6 Å². The van der Waals surface area contributed by atoms with Crippen LogP contribution in [0.15, 0.2) is 12.1 Å².